The van der Waals surface area contributed by atoms with Crippen molar-refractivity contribution >= 4 is 22.9 Å². The second-order valence-electron chi connectivity index (χ2n) is 13.1. The molecule has 0 aliphatic carbocycles. The molecule has 0 amide bonds. The van der Waals surface area contributed by atoms with Crippen molar-refractivity contribution in [2.24, 2.45) is 0 Å². The summed E-state index contributed by atoms with van der Waals surface area (Å²) in [4.78, 5) is 8.92. The quantitative estimate of drug-likeness (QED) is 0.169. The van der Waals surface area contributed by atoms with Crippen LogP contribution in [0.2, 0.25) is 5.02 Å². The van der Waals surface area contributed by atoms with E-state index < -0.39 is 5.82 Å². The molecule has 0 radical (unpaired) electrons. The summed E-state index contributed by atoms with van der Waals surface area (Å²) in [5, 5.41) is 9.23. The Morgan fingerprint density at radius 1 is 0.518 bits per heavy atom. The third-order valence-electron chi connectivity index (χ3n) is 9.51. The molecule has 6 heterocycles. The predicted molar refractivity (Wildman–Crippen MR) is 216 cm³/mol. The molecule has 0 saturated carbocycles. The number of aromatic nitrogens is 8. The molecule has 272 valence electrons. The fourth-order valence-corrected chi connectivity index (χ4v) is 6.87. The summed E-state index contributed by atoms with van der Waals surface area (Å²) in [6, 6.07) is 41.2. The molecule has 0 aliphatic heterocycles. The molecule has 8 nitrogen and oxygen atoms in total. The van der Waals surface area contributed by atoms with Gasteiger partial charge in [-0.25, -0.2) is 28.1 Å². The molecule has 4 aromatic carbocycles. The molecule has 11 heteroatoms. The number of halogens is 3. The first-order chi connectivity index (χ1) is 27.4. The zero-order valence-electron chi connectivity index (χ0n) is 29.9. The Kier molecular flexibility index (Phi) is 9.00. The van der Waals surface area contributed by atoms with Crippen molar-refractivity contribution in [1.29, 1.82) is 0 Å². The fourth-order valence-electron chi connectivity index (χ4n) is 6.71. The number of hydrogen-bond acceptors (Lipinski definition) is 4. The minimum absolute atomic E-state index is 0.308. The van der Waals surface area contributed by atoms with Crippen molar-refractivity contribution in [1.82, 2.24) is 38.3 Å². The molecule has 0 spiro atoms. The Morgan fingerprint density at radius 2 is 1.07 bits per heavy atom. The number of rotatable bonds is 6. The van der Waals surface area contributed by atoms with Crippen LogP contribution in [0.15, 0.2) is 171 Å². The van der Waals surface area contributed by atoms with E-state index in [1.807, 2.05) is 76.2 Å². The van der Waals surface area contributed by atoms with E-state index in [0.29, 0.717) is 21.9 Å². The van der Waals surface area contributed by atoms with Crippen molar-refractivity contribution in [2.45, 2.75) is 6.92 Å². The molecule has 0 fully saturated rings. The van der Waals surface area contributed by atoms with Crippen LogP contribution in [-0.4, -0.2) is 38.3 Å². The predicted octanol–water partition coefficient (Wildman–Crippen LogP) is 10.9. The fraction of sp³-hybridized carbons (Fsp3) is 0.0222. The highest BCUT2D eigenvalue weighted by Crippen LogP contribution is 2.30. The lowest BCUT2D eigenvalue weighted by atomic mass is 10.1. The van der Waals surface area contributed by atoms with Gasteiger partial charge in [0.05, 0.1) is 58.9 Å². The van der Waals surface area contributed by atoms with Crippen LogP contribution in [0.5, 0.6) is 0 Å². The molecule has 10 aromatic rings. The van der Waals surface area contributed by atoms with Crippen LogP contribution in [-0.2, 0) is 0 Å². The molecule has 0 bridgehead atoms. The Morgan fingerprint density at radius 3 is 1.66 bits per heavy atom. The molecule has 6 aromatic heterocycles. The molecule has 0 atom stereocenters. The topological polar surface area (TPSA) is 70.2 Å². The van der Waals surface area contributed by atoms with Gasteiger partial charge in [-0.15, -0.1) is 0 Å². The van der Waals surface area contributed by atoms with Crippen LogP contribution in [0, 0.1) is 18.6 Å². The Bertz CT molecular complexity index is 2960. The average molecular weight is 757 g/mol. The van der Waals surface area contributed by atoms with E-state index in [0.717, 1.165) is 50.8 Å². The van der Waals surface area contributed by atoms with Crippen LogP contribution in [0.25, 0.3) is 67.7 Å². The van der Waals surface area contributed by atoms with Gasteiger partial charge in [0.15, 0.2) is 0 Å². The van der Waals surface area contributed by atoms with Crippen LogP contribution >= 0.6 is 11.6 Å². The van der Waals surface area contributed by atoms with E-state index in [1.165, 1.54) is 23.8 Å². The zero-order valence-corrected chi connectivity index (χ0v) is 30.6. The maximum atomic E-state index is 14.5. The standard InChI is InChI=1S/C23H18N4.C22H13ClF2N4/c1-17-7-10-20(11-8-17)27-21(13-14-25-27)19-9-12-23-24-15-22(26(23)16-19)18-5-3-2-4-6-18;23-15-2-7-18(19(25)11-15)21-12-26-22-8-1-14(13-28(21)22)20-9-10-27-29(20)17-5-3-16(24)4-6-17/h2-16H,1H3;1-13H. The van der Waals surface area contributed by atoms with Gasteiger partial charge in [0.2, 0.25) is 0 Å². The summed E-state index contributed by atoms with van der Waals surface area (Å²) >= 11 is 5.88. The number of benzene rings is 4. The second kappa shape index (κ2) is 14.6. The summed E-state index contributed by atoms with van der Waals surface area (Å²) in [6.45, 7) is 2.09. The number of imidazole rings is 2. The normalized spacial score (nSPS) is 11.2. The highest BCUT2D eigenvalue weighted by Gasteiger charge is 2.15. The smallest absolute Gasteiger partial charge is 0.137 e. The zero-order chi connectivity index (χ0) is 38.2. The SMILES string of the molecule is Cc1ccc(-n2nccc2-c2ccc3ncc(-c4ccccc4)n3c2)cc1.Fc1ccc(-n2nccc2-c2ccc3ncc(-c4ccc(Cl)cc4F)n3c2)cc1. The van der Waals surface area contributed by atoms with Gasteiger partial charge in [-0.2, -0.15) is 10.2 Å². The lowest BCUT2D eigenvalue weighted by Gasteiger charge is -2.10. The minimum Gasteiger partial charge on any atom is -0.299 e. The van der Waals surface area contributed by atoms with Gasteiger partial charge in [-0.1, -0.05) is 59.6 Å². The summed E-state index contributed by atoms with van der Waals surface area (Å²) in [5.74, 6) is -0.724. The van der Waals surface area contributed by atoms with Crippen molar-refractivity contribution in [2.75, 3.05) is 0 Å². The van der Waals surface area contributed by atoms with Crippen LogP contribution in [0.1, 0.15) is 5.56 Å². The largest absolute Gasteiger partial charge is 0.299 e. The first-order valence-electron chi connectivity index (χ1n) is 17.8. The van der Waals surface area contributed by atoms with E-state index in [9.17, 15) is 8.78 Å². The van der Waals surface area contributed by atoms with Crippen molar-refractivity contribution in [3.8, 4) is 56.4 Å². The third kappa shape index (κ3) is 6.63. The van der Waals surface area contributed by atoms with Crippen molar-refractivity contribution in [3.63, 3.8) is 0 Å². The first kappa shape index (κ1) is 34.6. The lowest BCUT2D eigenvalue weighted by Crippen LogP contribution is -2.00. The van der Waals surface area contributed by atoms with E-state index in [1.54, 1.807) is 41.3 Å². The highest BCUT2D eigenvalue weighted by molar-refractivity contribution is 6.30. The van der Waals surface area contributed by atoms with Crippen LogP contribution < -0.4 is 0 Å². The summed E-state index contributed by atoms with van der Waals surface area (Å²) < 4.78 is 35.4. The Balaban J connectivity index is 0.000000147. The molecule has 0 N–H and O–H groups in total. The molecule has 0 unspecified atom stereocenters. The monoisotopic (exact) mass is 756 g/mol. The Labute approximate surface area is 325 Å². The van der Waals surface area contributed by atoms with Gasteiger partial charge < -0.3 is 0 Å². The van der Waals surface area contributed by atoms with Gasteiger partial charge in [0.25, 0.3) is 0 Å². The summed E-state index contributed by atoms with van der Waals surface area (Å²) in [6.07, 6.45) is 11.1. The van der Waals surface area contributed by atoms with E-state index >= 15 is 0 Å². The van der Waals surface area contributed by atoms with E-state index in [2.05, 4.69) is 80.2 Å². The maximum absolute atomic E-state index is 14.5. The second-order valence-corrected chi connectivity index (χ2v) is 13.6. The molecule has 0 saturated heterocycles. The number of pyridine rings is 2. The molecular formula is C45H31ClF2N8. The number of aryl methyl sites for hydroxylation is 1. The van der Waals surface area contributed by atoms with E-state index in [-0.39, 0.29) is 5.82 Å². The van der Waals surface area contributed by atoms with Crippen molar-refractivity contribution < 1.29 is 8.78 Å². The molecule has 10 rings (SSSR count). The van der Waals surface area contributed by atoms with Gasteiger partial charge in [-0.3, -0.25) is 8.80 Å². The minimum atomic E-state index is -0.416. The van der Waals surface area contributed by atoms with Gasteiger partial charge in [0, 0.05) is 39.7 Å². The number of hydrogen-bond donors (Lipinski definition) is 0. The highest BCUT2D eigenvalue weighted by atomic mass is 35.5. The summed E-state index contributed by atoms with van der Waals surface area (Å²) in [5.41, 5.74) is 11.7. The van der Waals surface area contributed by atoms with Crippen molar-refractivity contribution in [3.05, 3.63) is 193 Å². The lowest BCUT2D eigenvalue weighted by molar-refractivity contribution is 0.627. The summed E-state index contributed by atoms with van der Waals surface area (Å²) in [7, 11) is 0. The van der Waals surface area contributed by atoms with Crippen LogP contribution in [0.3, 0.4) is 0 Å². The van der Waals surface area contributed by atoms with Gasteiger partial charge in [0.1, 0.15) is 22.9 Å². The number of nitrogens with zero attached hydrogens (tertiary/aromatic N) is 8. The molecule has 56 heavy (non-hydrogen) atoms. The van der Waals surface area contributed by atoms with Gasteiger partial charge >= 0.3 is 0 Å². The van der Waals surface area contributed by atoms with E-state index in [4.69, 9.17) is 11.6 Å². The average Bonchev–Trinajstić information content (AvgIpc) is 4.05. The molecular weight excluding hydrogens is 726 g/mol. The number of fused-ring (bicyclic) bond motifs is 2. The van der Waals surface area contributed by atoms with Crippen LogP contribution in [0.4, 0.5) is 8.78 Å². The molecule has 0 aliphatic rings. The third-order valence-corrected chi connectivity index (χ3v) is 9.75. The first-order valence-corrected chi connectivity index (χ1v) is 18.1. The Hall–Kier alpha value is -7.17. The maximum Gasteiger partial charge on any atom is 0.137 e. The van der Waals surface area contributed by atoms with Gasteiger partial charge in [-0.05, 0) is 97.9 Å².